The maximum Gasteiger partial charge on any atom is 0.416 e. The van der Waals surface area contributed by atoms with Crippen LogP contribution in [0.4, 0.5) is 16.2 Å². The van der Waals surface area contributed by atoms with E-state index in [0.717, 1.165) is 11.3 Å². The predicted molar refractivity (Wildman–Crippen MR) is 91.5 cm³/mol. The first kappa shape index (κ1) is 17.1. The van der Waals surface area contributed by atoms with Crippen LogP contribution in [0.1, 0.15) is 23.2 Å². The Balaban J connectivity index is 2.15. The monoisotopic (exact) mass is 347 g/mol. The number of benzene rings is 1. The molecule has 2 amide bonds. The fourth-order valence-corrected chi connectivity index (χ4v) is 3.36. The third kappa shape index (κ3) is 2.78. The van der Waals surface area contributed by atoms with E-state index in [9.17, 15) is 14.7 Å². The molecule has 2 atom stereocenters. The van der Waals surface area contributed by atoms with Gasteiger partial charge in [0, 0.05) is 6.54 Å². The Bertz CT molecular complexity index is 720. The first-order valence-corrected chi connectivity index (χ1v) is 8.03. The molecule has 1 saturated heterocycles. The van der Waals surface area contributed by atoms with Crippen molar-refractivity contribution >= 4 is 23.4 Å². The van der Waals surface area contributed by atoms with E-state index < -0.39 is 18.4 Å². The minimum Gasteiger partial charge on any atom is -0.495 e. The maximum atomic E-state index is 12.9. The lowest BCUT2D eigenvalue weighted by Gasteiger charge is -2.31. The van der Waals surface area contributed by atoms with Crippen molar-refractivity contribution in [1.82, 2.24) is 4.90 Å². The van der Waals surface area contributed by atoms with Crippen LogP contribution in [0.25, 0.3) is 0 Å². The number of aliphatic hydroxyl groups excluding tert-OH is 1. The number of carbonyl (C=O) groups is 2. The van der Waals surface area contributed by atoms with Crippen LogP contribution in [0, 0.1) is 0 Å². The van der Waals surface area contributed by atoms with Gasteiger partial charge in [0.1, 0.15) is 12.4 Å². The summed E-state index contributed by atoms with van der Waals surface area (Å²) in [6, 6.07) is 2.45. The van der Waals surface area contributed by atoms with E-state index in [1.54, 1.807) is 4.90 Å². The van der Waals surface area contributed by atoms with Crippen molar-refractivity contribution < 1.29 is 24.2 Å². The molecule has 1 aromatic rings. The molecule has 0 aliphatic carbocycles. The van der Waals surface area contributed by atoms with Crippen molar-refractivity contribution in [3.8, 4) is 5.75 Å². The van der Waals surface area contributed by atoms with Gasteiger partial charge in [0.25, 0.3) is 5.91 Å². The minimum absolute atomic E-state index is 0.00858. The SMILES string of the molecule is C=CCOC(=O)N1c2cc(N)c(OC)cc2C(=O)N2CCC[C@H]2[C@@H]1O. The molecular weight excluding hydrogens is 326 g/mol. The molecule has 1 fully saturated rings. The number of anilines is 2. The zero-order valence-electron chi connectivity index (χ0n) is 14.0. The Morgan fingerprint density at radius 2 is 2.28 bits per heavy atom. The Morgan fingerprint density at radius 3 is 2.96 bits per heavy atom. The van der Waals surface area contributed by atoms with E-state index in [4.69, 9.17) is 15.2 Å². The van der Waals surface area contributed by atoms with E-state index >= 15 is 0 Å². The lowest BCUT2D eigenvalue weighted by molar-refractivity contribution is 0.0496. The first-order chi connectivity index (χ1) is 12.0. The fraction of sp³-hybridized carbons (Fsp3) is 0.412. The van der Waals surface area contributed by atoms with Gasteiger partial charge in [0.15, 0.2) is 6.23 Å². The van der Waals surface area contributed by atoms with Crippen LogP contribution in [-0.2, 0) is 4.74 Å². The van der Waals surface area contributed by atoms with E-state index in [1.165, 1.54) is 25.3 Å². The third-order valence-electron chi connectivity index (χ3n) is 4.53. The molecule has 8 heteroatoms. The molecule has 3 N–H and O–H groups in total. The number of nitrogen functional groups attached to an aromatic ring is 1. The summed E-state index contributed by atoms with van der Waals surface area (Å²) < 4.78 is 10.3. The molecular formula is C17H21N3O5. The van der Waals surface area contributed by atoms with Crippen LogP contribution in [0.5, 0.6) is 5.75 Å². The number of carbonyl (C=O) groups excluding carboxylic acids is 2. The summed E-state index contributed by atoms with van der Waals surface area (Å²) in [6.07, 6.45) is 0.791. The molecule has 134 valence electrons. The van der Waals surface area contributed by atoms with Crippen LogP contribution >= 0.6 is 0 Å². The first-order valence-electron chi connectivity index (χ1n) is 8.03. The molecule has 2 heterocycles. The van der Waals surface area contributed by atoms with Gasteiger partial charge in [-0.25, -0.2) is 9.69 Å². The fourth-order valence-electron chi connectivity index (χ4n) is 3.36. The maximum absolute atomic E-state index is 12.9. The Kier molecular flexibility index (Phi) is 4.54. The molecule has 0 spiro atoms. The number of amides is 2. The number of nitrogens with zero attached hydrogens (tertiary/aromatic N) is 2. The van der Waals surface area contributed by atoms with Crippen molar-refractivity contribution in [1.29, 1.82) is 0 Å². The van der Waals surface area contributed by atoms with E-state index in [1.807, 2.05) is 0 Å². The number of aliphatic hydroxyl groups is 1. The summed E-state index contributed by atoms with van der Waals surface area (Å²) in [4.78, 5) is 28.2. The summed E-state index contributed by atoms with van der Waals surface area (Å²) in [5.74, 6) is 0.0625. The summed E-state index contributed by atoms with van der Waals surface area (Å²) in [5, 5.41) is 10.8. The largest absolute Gasteiger partial charge is 0.495 e. The molecule has 2 aliphatic heterocycles. The second-order valence-corrected chi connectivity index (χ2v) is 5.97. The quantitative estimate of drug-likeness (QED) is 0.631. The van der Waals surface area contributed by atoms with Gasteiger partial charge in [-0.15, -0.1) is 0 Å². The lowest BCUT2D eigenvalue weighted by Crippen LogP contribution is -2.50. The number of nitrogens with two attached hydrogens (primary N) is 1. The minimum atomic E-state index is -1.22. The number of rotatable bonds is 3. The van der Waals surface area contributed by atoms with Crippen molar-refractivity contribution in [2.24, 2.45) is 0 Å². The summed E-state index contributed by atoms with van der Waals surface area (Å²) >= 11 is 0. The zero-order chi connectivity index (χ0) is 18.1. The second-order valence-electron chi connectivity index (χ2n) is 5.97. The van der Waals surface area contributed by atoms with Gasteiger partial charge in [-0.3, -0.25) is 4.79 Å². The molecule has 0 bridgehead atoms. The van der Waals surface area contributed by atoms with Crippen molar-refractivity contribution in [2.75, 3.05) is 30.9 Å². The smallest absolute Gasteiger partial charge is 0.416 e. The van der Waals surface area contributed by atoms with Crippen LogP contribution in [0.3, 0.4) is 0 Å². The molecule has 25 heavy (non-hydrogen) atoms. The van der Waals surface area contributed by atoms with Crippen molar-refractivity contribution in [2.45, 2.75) is 25.1 Å². The van der Waals surface area contributed by atoms with Gasteiger partial charge in [-0.1, -0.05) is 12.7 Å². The number of hydrogen-bond acceptors (Lipinski definition) is 6. The Morgan fingerprint density at radius 1 is 1.52 bits per heavy atom. The second kappa shape index (κ2) is 6.64. The number of ether oxygens (including phenoxy) is 2. The average Bonchev–Trinajstić information content (AvgIpc) is 3.06. The molecule has 0 radical (unpaired) electrons. The van der Waals surface area contributed by atoms with Gasteiger partial charge in [-0.05, 0) is 25.0 Å². The highest BCUT2D eigenvalue weighted by molar-refractivity contribution is 6.06. The molecule has 0 aromatic heterocycles. The van der Waals surface area contributed by atoms with Gasteiger partial charge in [0.2, 0.25) is 0 Å². The highest BCUT2D eigenvalue weighted by atomic mass is 16.6. The molecule has 1 aromatic carbocycles. The Labute approximate surface area is 145 Å². The highest BCUT2D eigenvalue weighted by Gasteiger charge is 2.45. The van der Waals surface area contributed by atoms with Crippen molar-refractivity contribution in [3.63, 3.8) is 0 Å². The molecule has 0 saturated carbocycles. The molecule has 3 rings (SSSR count). The van der Waals surface area contributed by atoms with E-state index in [0.29, 0.717) is 18.7 Å². The number of hydrogen-bond donors (Lipinski definition) is 2. The van der Waals surface area contributed by atoms with E-state index in [-0.39, 0.29) is 29.5 Å². The summed E-state index contributed by atoms with van der Waals surface area (Å²) in [7, 11) is 1.45. The highest BCUT2D eigenvalue weighted by Crippen LogP contribution is 2.39. The van der Waals surface area contributed by atoms with Crippen molar-refractivity contribution in [3.05, 3.63) is 30.4 Å². The number of fused-ring (bicyclic) bond motifs is 2. The normalized spacial score (nSPS) is 22.1. The van der Waals surface area contributed by atoms with Crippen LogP contribution in [-0.4, -0.2) is 54.5 Å². The number of methoxy groups -OCH3 is 1. The summed E-state index contributed by atoms with van der Waals surface area (Å²) in [5.41, 5.74) is 6.65. The average molecular weight is 347 g/mol. The van der Waals surface area contributed by atoms with E-state index in [2.05, 4.69) is 6.58 Å². The zero-order valence-corrected chi connectivity index (χ0v) is 14.0. The van der Waals surface area contributed by atoms with Gasteiger partial charge in [-0.2, -0.15) is 0 Å². The lowest BCUT2D eigenvalue weighted by atomic mass is 10.1. The molecule has 8 nitrogen and oxygen atoms in total. The van der Waals surface area contributed by atoms with Gasteiger partial charge >= 0.3 is 6.09 Å². The van der Waals surface area contributed by atoms with Crippen LogP contribution in [0.15, 0.2) is 24.8 Å². The van der Waals surface area contributed by atoms with Crippen LogP contribution in [0.2, 0.25) is 0 Å². The van der Waals surface area contributed by atoms with Gasteiger partial charge in [0.05, 0.1) is 30.1 Å². The molecule has 0 unspecified atom stereocenters. The Hall–Kier alpha value is -2.74. The summed E-state index contributed by atoms with van der Waals surface area (Å²) in [6.45, 7) is 4.01. The van der Waals surface area contributed by atoms with Crippen LogP contribution < -0.4 is 15.4 Å². The third-order valence-corrected chi connectivity index (χ3v) is 4.53. The standard InChI is InChI=1S/C17H21N3O5/c1-3-7-25-17(23)20-13-9-11(18)14(24-2)8-10(13)15(21)19-6-4-5-12(19)16(20)22/h3,8-9,12,16,22H,1,4-7,18H2,2H3/t12-,16-/m0/s1. The topological polar surface area (TPSA) is 105 Å². The van der Waals surface area contributed by atoms with Gasteiger partial charge < -0.3 is 25.2 Å². The molecule has 2 aliphatic rings. The predicted octanol–water partition coefficient (Wildman–Crippen LogP) is 1.34.